The van der Waals surface area contributed by atoms with Gasteiger partial charge in [0.2, 0.25) is 0 Å². The SMILES string of the molecule is C=CCc1ccc(OCC)c(CP2CN(c3ccc(C)cc3)CN(c3ccc(C)cc3)C2)c1. The second-order valence-corrected chi connectivity index (χ2v) is 11.1. The highest BCUT2D eigenvalue weighted by Gasteiger charge is 2.26. The Hall–Kier alpha value is -2.77. The van der Waals surface area contributed by atoms with Crippen LogP contribution in [-0.4, -0.2) is 25.8 Å². The Labute approximate surface area is 200 Å². The minimum absolute atomic E-state index is 0.292. The molecule has 4 heteroatoms. The number of allylic oxidation sites excluding steroid dienone is 1. The molecule has 4 rings (SSSR count). The van der Waals surface area contributed by atoms with E-state index in [0.717, 1.165) is 37.6 Å². The van der Waals surface area contributed by atoms with Crippen molar-refractivity contribution in [2.24, 2.45) is 0 Å². The summed E-state index contributed by atoms with van der Waals surface area (Å²) in [5.74, 6) is 1.03. The molecule has 3 aromatic rings. The molecule has 0 amide bonds. The molecule has 3 aromatic carbocycles. The van der Waals surface area contributed by atoms with Gasteiger partial charge in [0.15, 0.2) is 0 Å². The van der Waals surface area contributed by atoms with Crippen molar-refractivity contribution in [3.05, 3.63) is 102 Å². The Morgan fingerprint density at radius 1 is 0.879 bits per heavy atom. The summed E-state index contributed by atoms with van der Waals surface area (Å²) in [4.78, 5) is 5.09. The Kier molecular flexibility index (Phi) is 7.73. The van der Waals surface area contributed by atoms with Gasteiger partial charge in [0.05, 0.1) is 13.3 Å². The molecule has 0 aliphatic carbocycles. The first kappa shape index (κ1) is 23.4. The van der Waals surface area contributed by atoms with E-state index in [1.807, 2.05) is 6.08 Å². The maximum atomic E-state index is 6.02. The molecule has 172 valence electrons. The van der Waals surface area contributed by atoms with Crippen LogP contribution in [0.5, 0.6) is 5.75 Å². The topological polar surface area (TPSA) is 15.7 Å². The summed E-state index contributed by atoms with van der Waals surface area (Å²) in [6.45, 7) is 11.9. The lowest BCUT2D eigenvalue weighted by atomic mass is 10.1. The summed E-state index contributed by atoms with van der Waals surface area (Å²) in [5.41, 5.74) is 7.84. The molecule has 0 saturated carbocycles. The standard InChI is InChI=1S/C29H35N2OP/c1-5-7-25-12-17-29(32-6-2)26(18-25)19-33-21-30(27-13-8-23(3)9-14-27)20-31(22-33)28-15-10-24(4)11-16-28/h5,8-18H,1,6-7,19-22H2,2-4H3. The summed E-state index contributed by atoms with van der Waals surface area (Å²) < 4.78 is 6.02. The van der Waals surface area contributed by atoms with Gasteiger partial charge in [-0.2, -0.15) is 0 Å². The van der Waals surface area contributed by atoms with E-state index in [0.29, 0.717) is 6.61 Å². The van der Waals surface area contributed by atoms with Gasteiger partial charge in [-0.05, 0) is 74.8 Å². The number of aryl methyl sites for hydroxylation is 2. The van der Waals surface area contributed by atoms with Crippen LogP contribution in [0.3, 0.4) is 0 Å². The second kappa shape index (κ2) is 10.9. The minimum Gasteiger partial charge on any atom is -0.494 e. The summed E-state index contributed by atoms with van der Waals surface area (Å²) in [5, 5.41) is 0. The number of hydrogen-bond acceptors (Lipinski definition) is 3. The van der Waals surface area contributed by atoms with Crippen LogP contribution in [0.2, 0.25) is 0 Å². The summed E-state index contributed by atoms with van der Waals surface area (Å²) in [6, 6.07) is 24.6. The molecule has 1 saturated heterocycles. The third kappa shape index (κ3) is 5.97. The summed E-state index contributed by atoms with van der Waals surface area (Å²) in [6.07, 6.45) is 6.11. The number of benzene rings is 3. The van der Waals surface area contributed by atoms with E-state index in [9.17, 15) is 0 Å². The maximum Gasteiger partial charge on any atom is 0.122 e. The van der Waals surface area contributed by atoms with Crippen LogP contribution in [0.1, 0.15) is 29.2 Å². The van der Waals surface area contributed by atoms with Crippen LogP contribution in [0.15, 0.2) is 79.4 Å². The van der Waals surface area contributed by atoms with Gasteiger partial charge in [-0.15, -0.1) is 6.58 Å². The second-order valence-electron chi connectivity index (χ2n) is 8.87. The number of ether oxygens (including phenoxy) is 1. The van der Waals surface area contributed by atoms with Gasteiger partial charge in [-0.25, -0.2) is 0 Å². The fraction of sp³-hybridized carbons (Fsp3) is 0.310. The maximum absolute atomic E-state index is 6.02. The van der Waals surface area contributed by atoms with Crippen LogP contribution in [0.4, 0.5) is 11.4 Å². The third-order valence-corrected chi connectivity index (χ3v) is 8.35. The van der Waals surface area contributed by atoms with E-state index >= 15 is 0 Å². The fourth-order valence-electron chi connectivity index (χ4n) is 4.35. The zero-order chi connectivity index (χ0) is 23.2. The predicted octanol–water partition coefficient (Wildman–Crippen LogP) is 7.31. The Balaban J connectivity index is 1.63. The Morgan fingerprint density at radius 3 is 1.97 bits per heavy atom. The lowest BCUT2D eigenvalue weighted by Gasteiger charge is -2.43. The van der Waals surface area contributed by atoms with Crippen molar-refractivity contribution in [1.82, 2.24) is 0 Å². The highest BCUT2D eigenvalue weighted by molar-refractivity contribution is 7.57. The molecular weight excluding hydrogens is 423 g/mol. The molecule has 0 atom stereocenters. The molecule has 0 N–H and O–H groups in total. The molecule has 33 heavy (non-hydrogen) atoms. The van der Waals surface area contributed by atoms with Gasteiger partial charge in [-0.3, -0.25) is 0 Å². The third-order valence-electron chi connectivity index (χ3n) is 6.08. The van der Waals surface area contributed by atoms with Gasteiger partial charge in [-0.1, -0.05) is 61.5 Å². The van der Waals surface area contributed by atoms with Crippen LogP contribution >= 0.6 is 7.92 Å². The van der Waals surface area contributed by atoms with Crippen molar-refractivity contribution in [3.8, 4) is 5.75 Å². The van der Waals surface area contributed by atoms with E-state index in [2.05, 4.69) is 104 Å². The zero-order valence-corrected chi connectivity index (χ0v) is 21.0. The van der Waals surface area contributed by atoms with E-state index in [1.165, 1.54) is 33.6 Å². The van der Waals surface area contributed by atoms with Crippen LogP contribution in [0.25, 0.3) is 0 Å². The summed E-state index contributed by atoms with van der Waals surface area (Å²) >= 11 is 0. The van der Waals surface area contributed by atoms with Crippen LogP contribution in [-0.2, 0) is 12.6 Å². The molecule has 3 nitrogen and oxygen atoms in total. The molecule has 1 aliphatic rings. The van der Waals surface area contributed by atoms with Gasteiger partial charge >= 0.3 is 0 Å². The number of rotatable bonds is 8. The average molecular weight is 459 g/mol. The minimum atomic E-state index is -0.292. The highest BCUT2D eigenvalue weighted by Crippen LogP contribution is 2.47. The van der Waals surface area contributed by atoms with Crippen molar-refractivity contribution in [3.63, 3.8) is 0 Å². The molecule has 0 spiro atoms. The Morgan fingerprint density at radius 2 is 1.45 bits per heavy atom. The van der Waals surface area contributed by atoms with E-state index in [4.69, 9.17) is 4.74 Å². The molecule has 1 fully saturated rings. The number of nitrogens with zero attached hydrogens (tertiary/aromatic N) is 2. The molecular formula is C29H35N2OP. The number of hydrogen-bond donors (Lipinski definition) is 0. The molecule has 1 heterocycles. The first-order valence-electron chi connectivity index (χ1n) is 11.8. The van der Waals surface area contributed by atoms with Crippen molar-refractivity contribution in [1.29, 1.82) is 0 Å². The molecule has 0 radical (unpaired) electrons. The monoisotopic (exact) mass is 458 g/mol. The van der Waals surface area contributed by atoms with E-state index in [-0.39, 0.29) is 7.92 Å². The largest absolute Gasteiger partial charge is 0.494 e. The van der Waals surface area contributed by atoms with Crippen molar-refractivity contribution in [2.45, 2.75) is 33.4 Å². The van der Waals surface area contributed by atoms with Crippen molar-refractivity contribution < 1.29 is 4.74 Å². The van der Waals surface area contributed by atoms with E-state index in [1.54, 1.807) is 0 Å². The van der Waals surface area contributed by atoms with E-state index < -0.39 is 0 Å². The molecule has 0 aromatic heterocycles. The molecule has 0 bridgehead atoms. The number of anilines is 2. The van der Waals surface area contributed by atoms with Gasteiger partial charge in [0.1, 0.15) is 5.75 Å². The molecule has 1 aliphatic heterocycles. The normalized spacial score (nSPS) is 14.4. The van der Waals surface area contributed by atoms with Crippen molar-refractivity contribution >= 4 is 19.3 Å². The smallest absolute Gasteiger partial charge is 0.122 e. The van der Waals surface area contributed by atoms with Crippen LogP contribution < -0.4 is 14.5 Å². The zero-order valence-electron chi connectivity index (χ0n) is 20.1. The fourth-order valence-corrected chi connectivity index (χ4v) is 6.84. The highest BCUT2D eigenvalue weighted by atomic mass is 31.1. The average Bonchev–Trinajstić information content (AvgIpc) is 2.82. The van der Waals surface area contributed by atoms with Gasteiger partial charge in [0, 0.05) is 23.9 Å². The molecule has 0 unspecified atom stereocenters. The lowest BCUT2D eigenvalue weighted by Crippen LogP contribution is -2.44. The first-order chi connectivity index (χ1) is 16.1. The van der Waals surface area contributed by atoms with Crippen molar-refractivity contribution in [2.75, 3.05) is 35.6 Å². The van der Waals surface area contributed by atoms with Gasteiger partial charge < -0.3 is 14.5 Å². The first-order valence-corrected chi connectivity index (χ1v) is 13.7. The van der Waals surface area contributed by atoms with Crippen LogP contribution in [0, 0.1) is 13.8 Å². The summed E-state index contributed by atoms with van der Waals surface area (Å²) in [7, 11) is -0.292. The Bertz CT molecular complexity index is 1010. The predicted molar refractivity (Wildman–Crippen MR) is 144 cm³/mol. The quantitative estimate of drug-likeness (QED) is 0.260. The lowest BCUT2D eigenvalue weighted by molar-refractivity contribution is 0.337. The van der Waals surface area contributed by atoms with Gasteiger partial charge in [0.25, 0.3) is 0 Å².